The quantitative estimate of drug-likeness (QED) is 0.210. The van der Waals surface area contributed by atoms with Gasteiger partial charge in [-0.1, -0.05) is 12.1 Å². The molecule has 0 amide bonds. The van der Waals surface area contributed by atoms with Crippen LogP contribution in [0.3, 0.4) is 0 Å². The Morgan fingerprint density at radius 2 is 1.88 bits per heavy atom. The number of nitrogens with one attached hydrogen (secondary N) is 2. The van der Waals surface area contributed by atoms with Gasteiger partial charge < -0.3 is 25.0 Å². The lowest BCUT2D eigenvalue weighted by Gasteiger charge is -2.46. The maximum absolute atomic E-state index is 15.4. The summed E-state index contributed by atoms with van der Waals surface area (Å²) in [5.41, 5.74) is 2.75. The first kappa shape index (κ1) is 31.6. The van der Waals surface area contributed by atoms with Crippen LogP contribution in [0.15, 0.2) is 82.8 Å². The summed E-state index contributed by atoms with van der Waals surface area (Å²) in [5, 5.41) is 19.6. The molecular formula is C38H37FN8O4. The van der Waals surface area contributed by atoms with Gasteiger partial charge in [-0.3, -0.25) is 19.1 Å². The molecule has 9 rings (SSSR count). The van der Waals surface area contributed by atoms with Crippen LogP contribution in [0.4, 0.5) is 21.7 Å². The fraction of sp³-hybridized carbons (Fsp3) is 0.316. The number of piperazine rings is 1. The number of aromatic nitrogens is 5. The second kappa shape index (κ2) is 12.4. The van der Waals surface area contributed by atoms with Gasteiger partial charge in [0.2, 0.25) is 0 Å². The summed E-state index contributed by atoms with van der Waals surface area (Å²) >= 11 is 0. The van der Waals surface area contributed by atoms with Crippen molar-refractivity contribution in [1.82, 2.24) is 29.2 Å². The van der Waals surface area contributed by atoms with Crippen LogP contribution in [0.1, 0.15) is 36.8 Å². The lowest BCUT2D eigenvalue weighted by molar-refractivity contribution is -0.0691. The highest BCUT2D eigenvalue weighted by molar-refractivity contribution is 5.92. The number of nitrogens with zero attached hydrogens (tertiary/aromatic N) is 6. The second-order valence-electron chi connectivity index (χ2n) is 13.7. The maximum atomic E-state index is 15.4. The SMILES string of the molecule is CC1CN(C2COC2)CCN1c1ccc(Nc2nn(-c3cccc(-n4ccc5cc(C6CC6)cc(F)c5c4=O)c3CO)c3cc[nH]c(=O)c23)nc1. The smallest absolute Gasteiger partial charge is 0.265 e. The van der Waals surface area contributed by atoms with Crippen LogP contribution in [-0.4, -0.2) is 79.3 Å². The van der Waals surface area contributed by atoms with Crippen LogP contribution in [0.5, 0.6) is 0 Å². The summed E-state index contributed by atoms with van der Waals surface area (Å²) in [6.07, 6.45) is 7.02. The number of rotatable bonds is 8. The standard InChI is InChI=1S/C38H37FN8O4/c1-22-18-44(27-20-51-21-27)13-14-45(22)26-7-8-33(41-17-26)42-36-35-32(9-11-40-37(35)49)47(43-36)31-4-2-3-30(28(31)19-48)46-12-10-24-15-25(23-5-6-23)16-29(39)34(24)38(46)50/h2-4,7-12,15-17,22-23,27,48H,5-6,13-14,18-21H2,1H3,(H,40,49)(H,41,42,43). The molecule has 260 valence electrons. The van der Waals surface area contributed by atoms with Gasteiger partial charge in [0.1, 0.15) is 17.0 Å². The van der Waals surface area contributed by atoms with Crippen LogP contribution in [0.2, 0.25) is 0 Å². The van der Waals surface area contributed by atoms with Crippen molar-refractivity contribution < 1.29 is 14.2 Å². The molecule has 2 aromatic carbocycles. The Kier molecular flexibility index (Phi) is 7.71. The van der Waals surface area contributed by atoms with Gasteiger partial charge in [0.05, 0.1) is 60.0 Å². The minimum Gasteiger partial charge on any atom is -0.392 e. The second-order valence-corrected chi connectivity index (χ2v) is 13.7. The number of anilines is 3. The van der Waals surface area contributed by atoms with Gasteiger partial charge in [0.25, 0.3) is 11.1 Å². The van der Waals surface area contributed by atoms with E-state index in [0.29, 0.717) is 57.0 Å². The molecular weight excluding hydrogens is 651 g/mol. The average Bonchev–Trinajstić information content (AvgIpc) is 3.90. The Bertz CT molecular complexity index is 2410. The lowest BCUT2D eigenvalue weighted by atomic mass is 10.0. The summed E-state index contributed by atoms with van der Waals surface area (Å²) in [5.74, 6) is 0.582. The molecule has 0 spiro atoms. The van der Waals surface area contributed by atoms with Crippen LogP contribution in [-0.2, 0) is 11.3 Å². The Morgan fingerprint density at radius 1 is 1.04 bits per heavy atom. The molecule has 6 aromatic rings. The maximum Gasteiger partial charge on any atom is 0.265 e. The van der Waals surface area contributed by atoms with Crippen LogP contribution < -0.4 is 21.3 Å². The molecule has 1 aliphatic carbocycles. The molecule has 1 saturated carbocycles. The molecule has 13 heteroatoms. The molecule has 3 fully saturated rings. The van der Waals surface area contributed by atoms with E-state index in [4.69, 9.17) is 9.84 Å². The van der Waals surface area contributed by atoms with Crippen molar-refractivity contribution in [2.24, 2.45) is 0 Å². The zero-order valence-corrected chi connectivity index (χ0v) is 28.1. The molecule has 12 nitrogen and oxygen atoms in total. The number of hydrogen-bond acceptors (Lipinski definition) is 9. The summed E-state index contributed by atoms with van der Waals surface area (Å²) in [6.45, 7) is 6.21. The van der Waals surface area contributed by atoms with Crippen LogP contribution in [0, 0.1) is 5.82 Å². The molecule has 2 saturated heterocycles. The number of aromatic amines is 1. The molecule has 4 aromatic heterocycles. The Hall–Kier alpha value is -5.37. The largest absolute Gasteiger partial charge is 0.392 e. The fourth-order valence-electron chi connectivity index (χ4n) is 7.58. The third-order valence-electron chi connectivity index (χ3n) is 10.5. The normalized spacial score (nSPS) is 18.4. The highest BCUT2D eigenvalue weighted by atomic mass is 19.1. The number of pyridine rings is 3. The van der Waals surface area contributed by atoms with E-state index < -0.39 is 18.0 Å². The minimum absolute atomic E-state index is 0.00208. The third-order valence-corrected chi connectivity index (χ3v) is 10.5. The van der Waals surface area contributed by atoms with E-state index in [2.05, 4.69) is 32.0 Å². The zero-order chi connectivity index (χ0) is 34.8. The first-order valence-electron chi connectivity index (χ1n) is 17.4. The number of H-pyrrole nitrogens is 1. The fourth-order valence-corrected chi connectivity index (χ4v) is 7.58. The summed E-state index contributed by atoms with van der Waals surface area (Å²) in [6, 6.07) is 16.7. The van der Waals surface area contributed by atoms with Gasteiger partial charge in [0.15, 0.2) is 5.82 Å². The van der Waals surface area contributed by atoms with Gasteiger partial charge in [-0.25, -0.2) is 14.1 Å². The Labute approximate surface area is 291 Å². The molecule has 3 aliphatic rings. The number of aliphatic hydroxyl groups excluding tert-OH is 1. The lowest BCUT2D eigenvalue weighted by Crippen LogP contribution is -2.59. The minimum atomic E-state index is -0.554. The van der Waals surface area contributed by atoms with Crippen molar-refractivity contribution >= 4 is 39.0 Å². The number of ether oxygens (including phenoxy) is 1. The monoisotopic (exact) mass is 688 g/mol. The third kappa shape index (κ3) is 5.48. The van der Waals surface area contributed by atoms with Crippen LogP contribution >= 0.6 is 0 Å². The predicted octanol–water partition coefficient (Wildman–Crippen LogP) is 4.57. The highest BCUT2D eigenvalue weighted by Crippen LogP contribution is 2.41. The molecule has 1 atom stereocenters. The van der Waals surface area contributed by atoms with E-state index in [1.807, 2.05) is 24.4 Å². The molecule has 51 heavy (non-hydrogen) atoms. The van der Waals surface area contributed by atoms with E-state index in [1.165, 1.54) is 16.8 Å². The van der Waals surface area contributed by atoms with Crippen LogP contribution in [0.25, 0.3) is 33.1 Å². The van der Waals surface area contributed by atoms with Crippen molar-refractivity contribution in [2.45, 2.75) is 44.4 Å². The molecule has 2 aliphatic heterocycles. The number of aliphatic hydroxyl groups is 1. The number of halogens is 1. The van der Waals surface area contributed by atoms with Crippen molar-refractivity contribution in [2.75, 3.05) is 43.1 Å². The molecule has 0 radical (unpaired) electrons. The predicted molar refractivity (Wildman–Crippen MR) is 193 cm³/mol. The van der Waals surface area contributed by atoms with Gasteiger partial charge >= 0.3 is 0 Å². The van der Waals surface area contributed by atoms with Crippen molar-refractivity contribution in [3.63, 3.8) is 0 Å². The number of benzene rings is 2. The number of hydrogen-bond donors (Lipinski definition) is 3. The topological polar surface area (TPSA) is 134 Å². The molecule has 3 N–H and O–H groups in total. The van der Waals surface area contributed by atoms with Crippen molar-refractivity contribution in [1.29, 1.82) is 0 Å². The number of fused-ring (bicyclic) bond motifs is 2. The highest BCUT2D eigenvalue weighted by Gasteiger charge is 2.32. The molecule has 1 unspecified atom stereocenters. The first-order valence-corrected chi connectivity index (χ1v) is 17.4. The summed E-state index contributed by atoms with van der Waals surface area (Å²) in [4.78, 5) is 39.3. The molecule has 0 bridgehead atoms. The van der Waals surface area contributed by atoms with Gasteiger partial charge in [-0.05, 0) is 79.1 Å². The molecule has 6 heterocycles. The van der Waals surface area contributed by atoms with Gasteiger partial charge in [-0.15, -0.1) is 5.10 Å². The van der Waals surface area contributed by atoms with Gasteiger partial charge in [0, 0.05) is 43.6 Å². The van der Waals surface area contributed by atoms with Crippen molar-refractivity contribution in [3.8, 4) is 11.4 Å². The van der Waals surface area contributed by atoms with E-state index in [-0.39, 0.29) is 16.8 Å². The van der Waals surface area contributed by atoms with E-state index in [1.54, 1.807) is 41.2 Å². The van der Waals surface area contributed by atoms with Gasteiger partial charge in [-0.2, -0.15) is 0 Å². The Balaban J connectivity index is 1.05. The zero-order valence-electron chi connectivity index (χ0n) is 28.1. The first-order chi connectivity index (χ1) is 24.9. The Morgan fingerprint density at radius 3 is 2.61 bits per heavy atom. The van der Waals surface area contributed by atoms with E-state index in [0.717, 1.165) is 56.9 Å². The average molecular weight is 689 g/mol. The van der Waals surface area contributed by atoms with E-state index >= 15 is 4.39 Å². The van der Waals surface area contributed by atoms with Crippen molar-refractivity contribution in [3.05, 3.63) is 111 Å². The summed E-state index contributed by atoms with van der Waals surface area (Å²) < 4.78 is 23.7. The van der Waals surface area contributed by atoms with E-state index in [9.17, 15) is 14.7 Å². The summed E-state index contributed by atoms with van der Waals surface area (Å²) in [7, 11) is 0.